The van der Waals surface area contributed by atoms with Crippen molar-refractivity contribution in [3.63, 3.8) is 0 Å². The van der Waals surface area contributed by atoms with E-state index in [0.29, 0.717) is 6.61 Å². The van der Waals surface area contributed by atoms with E-state index in [4.69, 9.17) is 15.0 Å². The molecule has 2 N–H and O–H groups in total. The van der Waals surface area contributed by atoms with Gasteiger partial charge in [0.1, 0.15) is 0 Å². The molecule has 0 unspecified atom stereocenters. The number of unbranched alkanes of at least 4 members (excludes halogenated alkanes) is 6. The summed E-state index contributed by atoms with van der Waals surface area (Å²) in [6.07, 6.45) is 17.0. The van der Waals surface area contributed by atoms with Gasteiger partial charge in [0.2, 0.25) is 0 Å². The normalized spacial score (nSPS) is 10.6. The Balaban J connectivity index is 0. The number of carboxylic acid groups (broad SMARTS) is 1. The lowest BCUT2D eigenvalue weighted by molar-refractivity contribution is -0.134. The van der Waals surface area contributed by atoms with Crippen molar-refractivity contribution < 1.29 is 15.0 Å². The second-order valence-corrected chi connectivity index (χ2v) is 4.11. The van der Waals surface area contributed by atoms with Crippen LogP contribution < -0.4 is 0 Å². The number of aliphatic hydroxyl groups is 1. The summed E-state index contributed by atoms with van der Waals surface area (Å²) in [5, 5.41) is 16.0. The summed E-state index contributed by atoms with van der Waals surface area (Å²) >= 11 is 0. The summed E-state index contributed by atoms with van der Waals surface area (Å²) in [7, 11) is 0. The molecular weight excluding hydrogens is 228 g/mol. The zero-order valence-corrected chi connectivity index (χ0v) is 11.8. The zero-order valence-electron chi connectivity index (χ0n) is 11.8. The maximum Gasteiger partial charge on any atom is 0.300 e. The van der Waals surface area contributed by atoms with Crippen LogP contribution in [0.2, 0.25) is 0 Å². The molecule has 0 bridgehead atoms. The van der Waals surface area contributed by atoms with Gasteiger partial charge in [-0.15, -0.1) is 0 Å². The highest BCUT2D eigenvalue weighted by atomic mass is 16.4. The van der Waals surface area contributed by atoms with Crippen molar-refractivity contribution in [1.29, 1.82) is 0 Å². The fourth-order valence-electron chi connectivity index (χ4n) is 1.37. The highest BCUT2D eigenvalue weighted by molar-refractivity contribution is 5.62. The quantitative estimate of drug-likeness (QED) is 0.485. The van der Waals surface area contributed by atoms with E-state index in [1.54, 1.807) is 0 Å². The van der Waals surface area contributed by atoms with Gasteiger partial charge in [-0.05, 0) is 26.2 Å². The van der Waals surface area contributed by atoms with Gasteiger partial charge in [-0.2, -0.15) is 0 Å². The van der Waals surface area contributed by atoms with Gasteiger partial charge in [-0.3, -0.25) is 4.79 Å². The van der Waals surface area contributed by atoms with E-state index >= 15 is 0 Å². The third-order valence-corrected chi connectivity index (χ3v) is 2.22. The molecule has 0 aromatic heterocycles. The van der Waals surface area contributed by atoms with Crippen molar-refractivity contribution in [3.05, 3.63) is 24.3 Å². The van der Waals surface area contributed by atoms with Gasteiger partial charge in [0.05, 0.1) is 0 Å². The summed E-state index contributed by atoms with van der Waals surface area (Å²) in [5.74, 6) is -0.833. The van der Waals surface area contributed by atoms with E-state index in [1.165, 1.54) is 38.5 Å². The Morgan fingerprint density at radius 2 is 1.50 bits per heavy atom. The molecule has 0 heterocycles. The minimum atomic E-state index is -0.833. The van der Waals surface area contributed by atoms with Crippen molar-refractivity contribution in [2.45, 2.75) is 58.8 Å². The van der Waals surface area contributed by atoms with Gasteiger partial charge in [-0.1, -0.05) is 50.0 Å². The Kier molecular flexibility index (Phi) is 19.6. The third kappa shape index (κ3) is 29.4. The molecule has 0 amide bonds. The molecule has 0 saturated carbocycles. The van der Waals surface area contributed by atoms with E-state index in [-0.39, 0.29) is 0 Å². The number of aliphatic carboxylic acids is 1. The Labute approximate surface area is 111 Å². The minimum absolute atomic E-state index is 0.353. The van der Waals surface area contributed by atoms with E-state index in [0.717, 1.165) is 13.3 Å². The number of aliphatic hydroxyl groups excluding tert-OH is 1. The highest BCUT2D eigenvalue weighted by Gasteiger charge is 1.89. The number of carbonyl (C=O) groups is 1. The Bertz CT molecular complexity index is 216. The molecule has 0 aromatic carbocycles. The molecule has 0 aromatic rings. The number of carboxylic acids is 1. The molecule has 0 rings (SSSR count). The van der Waals surface area contributed by atoms with Crippen molar-refractivity contribution >= 4 is 5.97 Å². The Hall–Kier alpha value is -1.09. The van der Waals surface area contributed by atoms with Gasteiger partial charge in [0.15, 0.2) is 0 Å². The molecule has 18 heavy (non-hydrogen) atoms. The van der Waals surface area contributed by atoms with Crippen LogP contribution in [0.3, 0.4) is 0 Å². The average Bonchev–Trinajstić information content (AvgIpc) is 2.31. The van der Waals surface area contributed by atoms with Crippen LogP contribution in [0.4, 0.5) is 0 Å². The lowest BCUT2D eigenvalue weighted by Gasteiger charge is -1.98. The second kappa shape index (κ2) is 18.3. The van der Waals surface area contributed by atoms with E-state index in [2.05, 4.69) is 18.2 Å². The molecule has 0 aliphatic carbocycles. The fourth-order valence-corrected chi connectivity index (χ4v) is 1.37. The SMILES string of the molecule is CC(=O)O.CC=CC=CCCCCCCCCO. The van der Waals surface area contributed by atoms with E-state index in [9.17, 15) is 0 Å². The largest absolute Gasteiger partial charge is 0.481 e. The first-order valence-corrected chi connectivity index (χ1v) is 6.73. The van der Waals surface area contributed by atoms with Crippen LogP contribution in [0.1, 0.15) is 58.8 Å². The minimum Gasteiger partial charge on any atom is -0.481 e. The second-order valence-electron chi connectivity index (χ2n) is 4.11. The Morgan fingerprint density at radius 3 is 2.00 bits per heavy atom. The molecule has 106 valence electrons. The van der Waals surface area contributed by atoms with Crippen molar-refractivity contribution in [3.8, 4) is 0 Å². The third-order valence-electron chi connectivity index (χ3n) is 2.22. The van der Waals surface area contributed by atoms with Crippen molar-refractivity contribution in [2.75, 3.05) is 6.61 Å². The molecule has 0 aliphatic heterocycles. The summed E-state index contributed by atoms with van der Waals surface area (Å²) in [6.45, 7) is 3.47. The van der Waals surface area contributed by atoms with E-state index in [1.807, 2.05) is 13.0 Å². The lowest BCUT2D eigenvalue weighted by Crippen LogP contribution is -1.83. The van der Waals surface area contributed by atoms with Crippen molar-refractivity contribution in [2.24, 2.45) is 0 Å². The first-order chi connectivity index (χ1) is 8.65. The van der Waals surface area contributed by atoms with Crippen LogP contribution in [0.5, 0.6) is 0 Å². The topological polar surface area (TPSA) is 57.5 Å². The van der Waals surface area contributed by atoms with Crippen LogP contribution in [0.25, 0.3) is 0 Å². The molecular formula is C15H28O3. The fraction of sp³-hybridized carbons (Fsp3) is 0.667. The number of hydrogen-bond acceptors (Lipinski definition) is 2. The average molecular weight is 256 g/mol. The summed E-state index contributed by atoms with van der Waals surface area (Å²) in [4.78, 5) is 9.00. The predicted octanol–water partition coefficient (Wildman–Crippen LogP) is 3.93. The van der Waals surface area contributed by atoms with Gasteiger partial charge in [0.25, 0.3) is 5.97 Å². The molecule has 3 nitrogen and oxygen atoms in total. The smallest absolute Gasteiger partial charge is 0.300 e. The van der Waals surface area contributed by atoms with Crippen LogP contribution in [0.15, 0.2) is 24.3 Å². The van der Waals surface area contributed by atoms with Gasteiger partial charge >= 0.3 is 0 Å². The van der Waals surface area contributed by atoms with Crippen molar-refractivity contribution in [1.82, 2.24) is 0 Å². The molecule has 0 spiro atoms. The van der Waals surface area contributed by atoms with Gasteiger partial charge in [-0.25, -0.2) is 0 Å². The highest BCUT2D eigenvalue weighted by Crippen LogP contribution is 2.07. The van der Waals surface area contributed by atoms with Gasteiger partial charge < -0.3 is 10.2 Å². The monoisotopic (exact) mass is 256 g/mol. The van der Waals surface area contributed by atoms with Crippen LogP contribution in [0, 0.1) is 0 Å². The van der Waals surface area contributed by atoms with E-state index < -0.39 is 5.97 Å². The summed E-state index contributed by atoms with van der Waals surface area (Å²) < 4.78 is 0. The first kappa shape index (κ1) is 19.3. The summed E-state index contributed by atoms with van der Waals surface area (Å²) in [6, 6.07) is 0. The molecule has 0 atom stereocenters. The molecule has 0 radical (unpaired) electrons. The number of hydrogen-bond donors (Lipinski definition) is 2. The predicted molar refractivity (Wildman–Crippen MR) is 76.7 cm³/mol. The first-order valence-electron chi connectivity index (χ1n) is 6.73. The maximum atomic E-state index is 9.00. The maximum absolute atomic E-state index is 9.00. The lowest BCUT2D eigenvalue weighted by atomic mass is 10.1. The van der Waals surface area contributed by atoms with Gasteiger partial charge in [0, 0.05) is 13.5 Å². The van der Waals surface area contributed by atoms with Crippen LogP contribution in [-0.2, 0) is 4.79 Å². The summed E-state index contributed by atoms with van der Waals surface area (Å²) in [5.41, 5.74) is 0. The molecule has 3 heteroatoms. The molecule has 0 fully saturated rings. The molecule has 0 aliphatic rings. The molecule has 0 saturated heterocycles. The van der Waals surface area contributed by atoms with Crippen LogP contribution in [-0.4, -0.2) is 22.8 Å². The standard InChI is InChI=1S/C13H24O.C2H4O2/c1-2-3-4-5-6-7-8-9-10-11-12-13-14;1-2(3)4/h2-5,14H,6-13H2,1H3;1H3,(H,3,4). The number of allylic oxidation sites excluding steroid dienone is 4. The zero-order chi connectivity index (χ0) is 14.1. The van der Waals surface area contributed by atoms with Crippen LogP contribution >= 0.6 is 0 Å². The Morgan fingerprint density at radius 1 is 1.00 bits per heavy atom. The number of rotatable bonds is 9.